The number of nitrogens with zero attached hydrogens (tertiary/aromatic N) is 3. The van der Waals surface area contributed by atoms with Gasteiger partial charge in [0.2, 0.25) is 0 Å². The maximum absolute atomic E-state index is 5.72. The molecule has 0 saturated carbocycles. The molecule has 0 fully saturated rings. The topological polar surface area (TPSA) is 68.8 Å². The molecule has 2 aromatic rings. The Kier molecular flexibility index (Phi) is 4.29. The lowest BCUT2D eigenvalue weighted by molar-refractivity contribution is 0.508. The first-order chi connectivity index (χ1) is 9.17. The van der Waals surface area contributed by atoms with E-state index in [-0.39, 0.29) is 6.04 Å². The van der Waals surface area contributed by atoms with Gasteiger partial charge in [0, 0.05) is 13.0 Å². The second-order valence-corrected chi connectivity index (χ2v) is 4.70. The van der Waals surface area contributed by atoms with Crippen LogP contribution in [0.15, 0.2) is 24.5 Å². The largest absolute Gasteiger partial charge is 0.271 e. The summed E-state index contributed by atoms with van der Waals surface area (Å²) in [4.78, 5) is 4.31. The van der Waals surface area contributed by atoms with E-state index in [2.05, 4.69) is 54.5 Å². The number of rotatable bonds is 5. The van der Waals surface area contributed by atoms with E-state index in [0.717, 1.165) is 18.8 Å². The highest BCUT2D eigenvalue weighted by Gasteiger charge is 2.16. The number of aryl methyl sites for hydroxylation is 2. The highest BCUT2D eigenvalue weighted by Crippen LogP contribution is 2.22. The molecule has 0 amide bonds. The van der Waals surface area contributed by atoms with E-state index in [1.807, 2.05) is 4.68 Å². The fraction of sp³-hybridized carbons (Fsp3) is 0.429. The summed E-state index contributed by atoms with van der Waals surface area (Å²) in [6.07, 6.45) is 2.32. The summed E-state index contributed by atoms with van der Waals surface area (Å²) in [6, 6.07) is 6.34. The van der Waals surface area contributed by atoms with Crippen LogP contribution in [0.2, 0.25) is 0 Å². The van der Waals surface area contributed by atoms with Gasteiger partial charge in [-0.2, -0.15) is 5.10 Å². The van der Waals surface area contributed by atoms with Crippen molar-refractivity contribution >= 4 is 0 Å². The zero-order valence-corrected chi connectivity index (χ0v) is 11.7. The Hall–Kier alpha value is -1.72. The Morgan fingerprint density at radius 1 is 1.37 bits per heavy atom. The third kappa shape index (κ3) is 2.83. The maximum Gasteiger partial charge on any atom is 0.138 e. The second-order valence-electron chi connectivity index (χ2n) is 4.70. The lowest BCUT2D eigenvalue weighted by Gasteiger charge is -2.19. The summed E-state index contributed by atoms with van der Waals surface area (Å²) in [5.74, 6) is 6.67. The average molecular weight is 259 g/mol. The van der Waals surface area contributed by atoms with Crippen molar-refractivity contribution in [1.29, 1.82) is 0 Å². The van der Waals surface area contributed by atoms with Gasteiger partial charge in [-0.05, 0) is 37.5 Å². The lowest BCUT2D eigenvalue weighted by Crippen LogP contribution is -2.31. The Morgan fingerprint density at radius 2 is 2.16 bits per heavy atom. The van der Waals surface area contributed by atoms with Crippen LogP contribution in [0.25, 0.3) is 0 Å². The van der Waals surface area contributed by atoms with Crippen molar-refractivity contribution in [2.24, 2.45) is 5.84 Å². The number of nitrogens with one attached hydrogen (secondary N) is 1. The first kappa shape index (κ1) is 13.7. The molecule has 5 heteroatoms. The second kappa shape index (κ2) is 5.95. The van der Waals surface area contributed by atoms with Gasteiger partial charge in [0.05, 0.1) is 6.04 Å². The molecule has 1 heterocycles. The average Bonchev–Trinajstić information content (AvgIpc) is 2.87. The molecule has 0 radical (unpaired) electrons. The van der Waals surface area contributed by atoms with Crippen LogP contribution in [0, 0.1) is 13.8 Å². The minimum absolute atomic E-state index is 0.0504. The predicted octanol–water partition coefficient (Wildman–Crippen LogP) is 1.66. The van der Waals surface area contributed by atoms with Crippen LogP contribution < -0.4 is 11.3 Å². The van der Waals surface area contributed by atoms with Gasteiger partial charge in [0.15, 0.2) is 0 Å². The van der Waals surface area contributed by atoms with Crippen LogP contribution in [0.4, 0.5) is 0 Å². The van der Waals surface area contributed by atoms with Crippen molar-refractivity contribution in [1.82, 2.24) is 20.2 Å². The Morgan fingerprint density at radius 3 is 2.84 bits per heavy atom. The molecule has 2 rings (SSSR count). The van der Waals surface area contributed by atoms with E-state index >= 15 is 0 Å². The van der Waals surface area contributed by atoms with E-state index in [4.69, 9.17) is 5.84 Å². The van der Waals surface area contributed by atoms with E-state index < -0.39 is 0 Å². The molecule has 5 nitrogen and oxygen atoms in total. The van der Waals surface area contributed by atoms with Gasteiger partial charge < -0.3 is 0 Å². The normalized spacial score (nSPS) is 12.6. The minimum Gasteiger partial charge on any atom is -0.271 e. The number of benzene rings is 1. The third-order valence-corrected chi connectivity index (χ3v) is 3.61. The Balaban J connectivity index is 2.28. The molecule has 0 aliphatic heterocycles. The summed E-state index contributed by atoms with van der Waals surface area (Å²) in [7, 11) is 0. The van der Waals surface area contributed by atoms with Crippen LogP contribution >= 0.6 is 0 Å². The van der Waals surface area contributed by atoms with Gasteiger partial charge in [-0.1, -0.05) is 18.2 Å². The maximum atomic E-state index is 5.72. The van der Waals surface area contributed by atoms with Gasteiger partial charge in [0.1, 0.15) is 12.2 Å². The monoisotopic (exact) mass is 259 g/mol. The Labute approximate surface area is 113 Å². The highest BCUT2D eigenvalue weighted by atomic mass is 15.3. The quantitative estimate of drug-likeness (QED) is 0.633. The van der Waals surface area contributed by atoms with Crippen LogP contribution in [-0.4, -0.2) is 14.8 Å². The molecule has 0 saturated heterocycles. The SMILES string of the molecule is CCn1ncnc1CC(NN)c1cccc(C)c1C. The van der Waals surface area contributed by atoms with Crippen molar-refractivity contribution < 1.29 is 0 Å². The number of nitrogens with two attached hydrogens (primary N) is 1. The van der Waals surface area contributed by atoms with Gasteiger partial charge in [-0.25, -0.2) is 4.98 Å². The first-order valence-electron chi connectivity index (χ1n) is 6.56. The molecule has 0 aliphatic carbocycles. The van der Waals surface area contributed by atoms with E-state index in [1.165, 1.54) is 16.7 Å². The van der Waals surface area contributed by atoms with Crippen molar-refractivity contribution in [2.75, 3.05) is 0 Å². The first-order valence-corrected chi connectivity index (χ1v) is 6.56. The predicted molar refractivity (Wildman–Crippen MR) is 75.4 cm³/mol. The van der Waals surface area contributed by atoms with E-state index in [1.54, 1.807) is 6.33 Å². The summed E-state index contributed by atoms with van der Waals surface area (Å²) >= 11 is 0. The number of aromatic nitrogens is 3. The van der Waals surface area contributed by atoms with E-state index in [9.17, 15) is 0 Å². The molecule has 102 valence electrons. The molecule has 1 aromatic heterocycles. The van der Waals surface area contributed by atoms with Crippen molar-refractivity contribution in [3.8, 4) is 0 Å². The molecule has 1 unspecified atom stereocenters. The fourth-order valence-corrected chi connectivity index (χ4v) is 2.30. The smallest absolute Gasteiger partial charge is 0.138 e. The number of hydrogen-bond donors (Lipinski definition) is 2. The summed E-state index contributed by atoms with van der Waals surface area (Å²) in [5, 5.41) is 4.19. The standard InChI is InChI=1S/C14H21N5/c1-4-19-14(16-9-17-19)8-13(18-15)12-7-5-6-10(2)11(12)3/h5-7,9,13,18H,4,8,15H2,1-3H3. The van der Waals surface area contributed by atoms with Crippen molar-refractivity contribution in [3.05, 3.63) is 47.0 Å². The van der Waals surface area contributed by atoms with Gasteiger partial charge in [0.25, 0.3) is 0 Å². The van der Waals surface area contributed by atoms with Crippen molar-refractivity contribution in [2.45, 2.75) is 39.8 Å². The summed E-state index contributed by atoms with van der Waals surface area (Å²) < 4.78 is 1.90. The summed E-state index contributed by atoms with van der Waals surface area (Å²) in [5.41, 5.74) is 6.65. The van der Waals surface area contributed by atoms with E-state index in [0.29, 0.717) is 0 Å². The fourth-order valence-electron chi connectivity index (χ4n) is 2.30. The van der Waals surface area contributed by atoms with Crippen molar-refractivity contribution in [3.63, 3.8) is 0 Å². The number of hydrogen-bond acceptors (Lipinski definition) is 4. The van der Waals surface area contributed by atoms with Crippen LogP contribution in [0.5, 0.6) is 0 Å². The molecule has 0 bridgehead atoms. The van der Waals surface area contributed by atoms with Crippen LogP contribution in [0.3, 0.4) is 0 Å². The van der Waals surface area contributed by atoms with Gasteiger partial charge in [-0.3, -0.25) is 16.0 Å². The molecule has 19 heavy (non-hydrogen) atoms. The Bertz CT molecular complexity index is 547. The molecule has 3 N–H and O–H groups in total. The summed E-state index contributed by atoms with van der Waals surface area (Å²) in [6.45, 7) is 7.11. The molecule has 0 spiro atoms. The van der Waals surface area contributed by atoms with Gasteiger partial charge in [-0.15, -0.1) is 0 Å². The zero-order valence-electron chi connectivity index (χ0n) is 11.7. The minimum atomic E-state index is 0.0504. The molecule has 1 aromatic carbocycles. The molecule has 1 atom stereocenters. The molecular formula is C14H21N5. The van der Waals surface area contributed by atoms with Gasteiger partial charge >= 0.3 is 0 Å². The molecule has 0 aliphatic rings. The van der Waals surface area contributed by atoms with Crippen LogP contribution in [0.1, 0.15) is 35.5 Å². The van der Waals surface area contributed by atoms with Crippen LogP contribution in [-0.2, 0) is 13.0 Å². The highest BCUT2D eigenvalue weighted by molar-refractivity contribution is 5.35. The third-order valence-electron chi connectivity index (χ3n) is 3.61. The zero-order chi connectivity index (χ0) is 13.8. The lowest BCUT2D eigenvalue weighted by atomic mass is 9.96. The number of hydrazine groups is 1. The molecular weight excluding hydrogens is 238 g/mol.